The highest BCUT2D eigenvalue weighted by Crippen LogP contribution is 2.13. The van der Waals surface area contributed by atoms with Gasteiger partial charge in [0.2, 0.25) is 0 Å². The third-order valence-corrected chi connectivity index (χ3v) is 3.20. The van der Waals surface area contributed by atoms with Gasteiger partial charge < -0.3 is 10.4 Å². The summed E-state index contributed by atoms with van der Waals surface area (Å²) in [5, 5.41) is 12.8. The predicted molar refractivity (Wildman–Crippen MR) is 79.7 cm³/mol. The van der Waals surface area contributed by atoms with Gasteiger partial charge in [-0.1, -0.05) is 47.5 Å². The van der Waals surface area contributed by atoms with Crippen molar-refractivity contribution in [1.82, 2.24) is 5.32 Å². The molecular formula is C17H19NO2. The normalized spacial score (nSPS) is 11.9. The Hall–Kier alpha value is -2.13. The molecule has 2 rings (SSSR count). The van der Waals surface area contributed by atoms with E-state index in [2.05, 4.69) is 5.32 Å². The summed E-state index contributed by atoms with van der Waals surface area (Å²) in [6.07, 6.45) is -0.690. The maximum Gasteiger partial charge on any atom is 0.251 e. The lowest BCUT2D eigenvalue weighted by molar-refractivity contribution is 0.0916. The Balaban J connectivity index is 1.94. The van der Waals surface area contributed by atoms with E-state index in [1.54, 1.807) is 6.07 Å². The summed E-state index contributed by atoms with van der Waals surface area (Å²) in [5.41, 5.74) is 3.60. The highest BCUT2D eigenvalue weighted by atomic mass is 16.3. The number of aliphatic hydroxyl groups is 1. The highest BCUT2D eigenvalue weighted by Gasteiger charge is 2.10. The van der Waals surface area contributed by atoms with E-state index in [1.165, 1.54) is 0 Å². The second-order valence-electron chi connectivity index (χ2n) is 5.01. The summed E-state index contributed by atoms with van der Waals surface area (Å²) in [6.45, 7) is 4.14. The molecule has 0 saturated carbocycles. The fourth-order valence-corrected chi connectivity index (χ4v) is 1.98. The van der Waals surface area contributed by atoms with Crippen LogP contribution in [0.3, 0.4) is 0 Å². The van der Waals surface area contributed by atoms with Crippen LogP contribution in [0.15, 0.2) is 48.5 Å². The molecule has 3 nitrogen and oxygen atoms in total. The van der Waals surface area contributed by atoms with Crippen molar-refractivity contribution < 1.29 is 9.90 Å². The number of hydrogen-bond donors (Lipinski definition) is 2. The molecule has 0 radical (unpaired) electrons. The zero-order valence-corrected chi connectivity index (χ0v) is 11.8. The zero-order chi connectivity index (χ0) is 14.5. The van der Waals surface area contributed by atoms with E-state index >= 15 is 0 Å². The van der Waals surface area contributed by atoms with E-state index in [9.17, 15) is 9.90 Å². The summed E-state index contributed by atoms with van der Waals surface area (Å²) < 4.78 is 0. The van der Waals surface area contributed by atoms with Gasteiger partial charge in [0.1, 0.15) is 0 Å². The second kappa shape index (κ2) is 6.35. The van der Waals surface area contributed by atoms with Crippen molar-refractivity contribution in [1.29, 1.82) is 0 Å². The molecule has 2 aromatic carbocycles. The quantitative estimate of drug-likeness (QED) is 0.896. The maximum atomic E-state index is 12.0. The monoisotopic (exact) mass is 269 g/mol. The molecular weight excluding hydrogens is 250 g/mol. The van der Waals surface area contributed by atoms with Crippen LogP contribution in [0.25, 0.3) is 0 Å². The van der Waals surface area contributed by atoms with Crippen LogP contribution >= 0.6 is 0 Å². The number of carbonyl (C=O) groups excluding carboxylic acids is 1. The molecule has 104 valence electrons. The SMILES string of the molecule is Cc1ccc(C(O)CNC(=O)c2cccc(C)c2)cc1. The van der Waals surface area contributed by atoms with Crippen molar-refractivity contribution >= 4 is 5.91 Å². The van der Waals surface area contributed by atoms with E-state index in [-0.39, 0.29) is 12.5 Å². The van der Waals surface area contributed by atoms with Crippen LogP contribution in [0.1, 0.15) is 33.2 Å². The van der Waals surface area contributed by atoms with Crippen LogP contribution in [0.2, 0.25) is 0 Å². The van der Waals surface area contributed by atoms with Gasteiger partial charge in [-0.3, -0.25) is 4.79 Å². The number of aliphatic hydroxyl groups excluding tert-OH is 1. The van der Waals surface area contributed by atoms with Crippen LogP contribution in [-0.4, -0.2) is 17.6 Å². The number of benzene rings is 2. The topological polar surface area (TPSA) is 49.3 Å². The summed E-state index contributed by atoms with van der Waals surface area (Å²) in [7, 11) is 0. The molecule has 0 spiro atoms. The average molecular weight is 269 g/mol. The van der Waals surface area contributed by atoms with Gasteiger partial charge in [-0.25, -0.2) is 0 Å². The largest absolute Gasteiger partial charge is 0.387 e. The number of amides is 1. The van der Waals surface area contributed by atoms with E-state index < -0.39 is 6.10 Å². The van der Waals surface area contributed by atoms with Crippen LogP contribution in [0.5, 0.6) is 0 Å². The lowest BCUT2D eigenvalue weighted by atomic mass is 10.1. The number of carbonyl (C=O) groups is 1. The first kappa shape index (κ1) is 14.3. The van der Waals surface area contributed by atoms with Gasteiger partial charge in [-0.05, 0) is 31.5 Å². The Kier molecular flexibility index (Phi) is 4.53. The Morgan fingerprint density at radius 2 is 1.80 bits per heavy atom. The summed E-state index contributed by atoms with van der Waals surface area (Å²) >= 11 is 0. The third kappa shape index (κ3) is 3.68. The van der Waals surface area contributed by atoms with Gasteiger partial charge in [-0.2, -0.15) is 0 Å². The maximum absolute atomic E-state index is 12.0. The lowest BCUT2D eigenvalue weighted by Crippen LogP contribution is -2.28. The summed E-state index contributed by atoms with van der Waals surface area (Å²) in [5.74, 6) is -0.167. The van der Waals surface area contributed by atoms with Crippen molar-refractivity contribution in [2.24, 2.45) is 0 Å². The first-order valence-electron chi connectivity index (χ1n) is 6.66. The molecule has 20 heavy (non-hydrogen) atoms. The Bertz CT molecular complexity index is 590. The molecule has 0 aliphatic carbocycles. The highest BCUT2D eigenvalue weighted by molar-refractivity contribution is 5.94. The van der Waals surface area contributed by atoms with Crippen molar-refractivity contribution in [2.75, 3.05) is 6.54 Å². The van der Waals surface area contributed by atoms with Gasteiger partial charge in [-0.15, -0.1) is 0 Å². The first-order chi connectivity index (χ1) is 9.56. The van der Waals surface area contributed by atoms with Gasteiger partial charge in [0.25, 0.3) is 5.91 Å². The third-order valence-electron chi connectivity index (χ3n) is 3.20. The van der Waals surface area contributed by atoms with Crippen LogP contribution in [-0.2, 0) is 0 Å². The molecule has 2 aromatic rings. The molecule has 0 bridgehead atoms. The Morgan fingerprint density at radius 3 is 2.45 bits per heavy atom. The molecule has 1 amide bonds. The molecule has 0 aliphatic rings. The number of hydrogen-bond acceptors (Lipinski definition) is 2. The summed E-state index contributed by atoms with van der Waals surface area (Å²) in [4.78, 5) is 12.0. The van der Waals surface area contributed by atoms with Crippen molar-refractivity contribution in [2.45, 2.75) is 20.0 Å². The average Bonchev–Trinajstić information content (AvgIpc) is 2.45. The van der Waals surface area contributed by atoms with Gasteiger partial charge >= 0.3 is 0 Å². The number of rotatable bonds is 4. The minimum Gasteiger partial charge on any atom is -0.387 e. The van der Waals surface area contributed by atoms with Crippen LogP contribution in [0.4, 0.5) is 0 Å². The molecule has 0 fully saturated rings. The van der Waals surface area contributed by atoms with E-state index in [4.69, 9.17) is 0 Å². The standard InChI is InChI=1S/C17H19NO2/c1-12-6-8-14(9-7-12)16(19)11-18-17(20)15-5-3-4-13(2)10-15/h3-10,16,19H,11H2,1-2H3,(H,18,20). The molecule has 0 saturated heterocycles. The van der Waals surface area contributed by atoms with E-state index in [0.29, 0.717) is 5.56 Å². The summed E-state index contributed by atoms with van der Waals surface area (Å²) in [6, 6.07) is 15.0. The molecule has 1 unspecified atom stereocenters. The number of nitrogens with one attached hydrogen (secondary N) is 1. The van der Waals surface area contributed by atoms with Crippen LogP contribution < -0.4 is 5.32 Å². The minimum atomic E-state index is -0.690. The zero-order valence-electron chi connectivity index (χ0n) is 11.8. The van der Waals surface area contributed by atoms with Crippen molar-refractivity contribution in [3.63, 3.8) is 0 Å². The molecule has 2 N–H and O–H groups in total. The van der Waals surface area contributed by atoms with Crippen molar-refractivity contribution in [3.05, 3.63) is 70.8 Å². The van der Waals surface area contributed by atoms with Crippen molar-refractivity contribution in [3.8, 4) is 0 Å². The molecule has 0 heterocycles. The fourth-order valence-electron chi connectivity index (χ4n) is 1.98. The number of aryl methyl sites for hydroxylation is 2. The molecule has 0 aromatic heterocycles. The molecule has 0 aliphatic heterocycles. The van der Waals surface area contributed by atoms with Gasteiger partial charge in [0.05, 0.1) is 6.10 Å². The van der Waals surface area contributed by atoms with Crippen LogP contribution in [0, 0.1) is 13.8 Å². The second-order valence-corrected chi connectivity index (χ2v) is 5.01. The molecule has 1 atom stereocenters. The van der Waals surface area contributed by atoms with E-state index in [1.807, 2.05) is 56.3 Å². The minimum absolute atomic E-state index is 0.167. The van der Waals surface area contributed by atoms with Gasteiger partial charge in [0, 0.05) is 12.1 Å². The Labute approximate surface area is 119 Å². The van der Waals surface area contributed by atoms with Gasteiger partial charge in [0.15, 0.2) is 0 Å². The molecule has 3 heteroatoms. The first-order valence-corrected chi connectivity index (χ1v) is 6.66. The fraction of sp³-hybridized carbons (Fsp3) is 0.235. The van der Waals surface area contributed by atoms with E-state index in [0.717, 1.165) is 16.7 Å². The lowest BCUT2D eigenvalue weighted by Gasteiger charge is -2.12. The predicted octanol–water partition coefficient (Wildman–Crippen LogP) is 2.77. The Morgan fingerprint density at radius 1 is 1.10 bits per heavy atom. The smallest absolute Gasteiger partial charge is 0.251 e.